The Bertz CT molecular complexity index is 2070. The van der Waals surface area contributed by atoms with Crippen LogP contribution in [-0.4, -0.2) is 92.3 Å². The molecule has 2 unspecified atom stereocenters. The molecule has 3 aromatic carbocycles. The summed E-state index contributed by atoms with van der Waals surface area (Å²) in [5, 5.41) is 17.0. The van der Waals surface area contributed by atoms with Gasteiger partial charge in [-0.2, -0.15) is 5.10 Å². The predicted octanol–water partition coefficient (Wildman–Crippen LogP) is 5.10. The summed E-state index contributed by atoms with van der Waals surface area (Å²) in [6.45, 7) is 4.91. The number of hydrogen-bond acceptors (Lipinski definition) is 13. The van der Waals surface area contributed by atoms with E-state index in [4.69, 9.17) is 25.7 Å². The fourth-order valence-corrected chi connectivity index (χ4v) is 7.03. The highest BCUT2D eigenvalue weighted by Crippen LogP contribution is 2.32. The van der Waals surface area contributed by atoms with Crippen LogP contribution in [-0.2, 0) is 23.9 Å². The van der Waals surface area contributed by atoms with Crippen LogP contribution in [0.5, 0.6) is 5.75 Å². The summed E-state index contributed by atoms with van der Waals surface area (Å²) in [6, 6.07) is 18.7. The van der Waals surface area contributed by atoms with Crippen LogP contribution in [0.3, 0.4) is 0 Å². The van der Waals surface area contributed by atoms with Crippen molar-refractivity contribution in [3.05, 3.63) is 77.4 Å². The lowest BCUT2D eigenvalue weighted by Crippen LogP contribution is -2.50. The highest BCUT2D eigenvalue weighted by atomic mass is 16.5. The Hall–Kier alpha value is -6.33. The molecule has 0 bridgehead atoms. The first kappa shape index (κ1) is 48.3. The molecule has 17 heteroatoms. The fourth-order valence-electron chi connectivity index (χ4n) is 7.03. The highest BCUT2D eigenvalue weighted by Gasteiger charge is 2.29. The number of benzene rings is 3. The molecular weight excluding hydrogens is 795 g/mol. The van der Waals surface area contributed by atoms with Gasteiger partial charge in [-0.1, -0.05) is 48.7 Å². The number of nitrogens with one attached hydrogen (secondary N) is 4. The van der Waals surface area contributed by atoms with E-state index in [1.165, 1.54) is 11.9 Å². The monoisotopic (exact) mass is 855 g/mol. The number of hydrazine groups is 1. The maximum absolute atomic E-state index is 11.3. The third-order valence-corrected chi connectivity index (χ3v) is 10.5. The van der Waals surface area contributed by atoms with Crippen molar-refractivity contribution in [3.8, 4) is 17.1 Å². The SMILES string of the molecule is CN(C=O)C1CCC(=O)NC1=O.Cc1cccc(NCCCCCOCCCCCCCC(CCNC=O)Oc2cccc(-c3onc4ccc(/C(=N/N)NN)cc34)c2)c1C=O. The van der Waals surface area contributed by atoms with Gasteiger partial charge in [0.2, 0.25) is 24.6 Å². The molecule has 334 valence electrons. The van der Waals surface area contributed by atoms with E-state index in [2.05, 4.69) is 31.6 Å². The van der Waals surface area contributed by atoms with Crippen LogP contribution >= 0.6 is 0 Å². The second-order valence-corrected chi connectivity index (χ2v) is 15.0. The number of nitrogens with two attached hydrogens (primary N) is 2. The molecule has 62 heavy (non-hydrogen) atoms. The van der Waals surface area contributed by atoms with E-state index in [0.717, 1.165) is 124 Å². The number of piperidine rings is 1. The molecular formula is C45H61N9O8. The van der Waals surface area contributed by atoms with Gasteiger partial charge in [0.25, 0.3) is 0 Å². The summed E-state index contributed by atoms with van der Waals surface area (Å²) < 4.78 is 18.0. The first-order chi connectivity index (χ1) is 30.2. The number of amides is 4. The quantitative estimate of drug-likeness (QED) is 0.00917. The Morgan fingerprint density at radius 2 is 1.73 bits per heavy atom. The molecule has 4 amide bonds. The Labute approximate surface area is 362 Å². The predicted molar refractivity (Wildman–Crippen MR) is 238 cm³/mol. The molecule has 2 atom stereocenters. The van der Waals surface area contributed by atoms with Gasteiger partial charge in [0.05, 0.1) is 5.39 Å². The maximum Gasteiger partial charge on any atom is 0.249 e. The lowest BCUT2D eigenvalue weighted by Gasteiger charge is -2.26. The van der Waals surface area contributed by atoms with Gasteiger partial charge in [0, 0.05) is 68.6 Å². The number of aryl methyl sites for hydroxylation is 1. The summed E-state index contributed by atoms with van der Waals surface area (Å²) in [5.74, 6) is 12.0. The lowest BCUT2D eigenvalue weighted by molar-refractivity contribution is -0.140. The van der Waals surface area contributed by atoms with Gasteiger partial charge in [0.15, 0.2) is 17.9 Å². The normalized spacial score (nSPS) is 14.2. The summed E-state index contributed by atoms with van der Waals surface area (Å²) in [6.07, 6.45) is 13.1. The molecule has 1 aromatic heterocycles. The molecule has 8 N–H and O–H groups in total. The number of rotatable bonds is 26. The van der Waals surface area contributed by atoms with Gasteiger partial charge < -0.3 is 40.8 Å². The van der Waals surface area contributed by atoms with Gasteiger partial charge in [-0.25, -0.2) is 5.84 Å². The Morgan fingerprint density at radius 3 is 2.45 bits per heavy atom. The minimum absolute atomic E-state index is 0.0443. The number of unbranched alkanes of at least 4 members (excludes halogenated alkanes) is 6. The topological polar surface area (TPSA) is 246 Å². The van der Waals surface area contributed by atoms with Crippen LogP contribution in [0, 0.1) is 6.92 Å². The molecule has 0 saturated carbocycles. The van der Waals surface area contributed by atoms with Crippen molar-refractivity contribution in [3.63, 3.8) is 0 Å². The average molecular weight is 856 g/mol. The van der Waals surface area contributed by atoms with E-state index in [0.29, 0.717) is 54.9 Å². The van der Waals surface area contributed by atoms with E-state index in [-0.39, 0.29) is 17.9 Å². The van der Waals surface area contributed by atoms with E-state index in [1.807, 2.05) is 67.6 Å². The van der Waals surface area contributed by atoms with Crippen LogP contribution in [0.2, 0.25) is 0 Å². The van der Waals surface area contributed by atoms with Gasteiger partial charge in [-0.05, 0) is 93.8 Å². The maximum atomic E-state index is 11.3. The van der Waals surface area contributed by atoms with Crippen molar-refractivity contribution in [2.75, 3.05) is 38.7 Å². The highest BCUT2D eigenvalue weighted by molar-refractivity contribution is 6.03. The number of amidine groups is 1. The van der Waals surface area contributed by atoms with Gasteiger partial charge in [0.1, 0.15) is 23.4 Å². The first-order valence-corrected chi connectivity index (χ1v) is 21.2. The number of ether oxygens (including phenoxy) is 2. The number of likely N-dealkylation sites (N-methyl/N-ethyl adjacent to an activating group) is 1. The molecule has 0 radical (unpaired) electrons. The zero-order chi connectivity index (χ0) is 44.5. The second-order valence-electron chi connectivity index (χ2n) is 15.0. The van der Waals surface area contributed by atoms with Crippen molar-refractivity contribution < 1.29 is 38.0 Å². The molecule has 1 fully saturated rings. The van der Waals surface area contributed by atoms with Crippen molar-refractivity contribution in [1.29, 1.82) is 0 Å². The molecule has 1 aliphatic rings. The third kappa shape index (κ3) is 15.3. The molecule has 5 rings (SSSR count). The smallest absolute Gasteiger partial charge is 0.249 e. The molecule has 0 aliphatic carbocycles. The second kappa shape index (κ2) is 26.8. The van der Waals surface area contributed by atoms with E-state index in [1.54, 1.807) is 0 Å². The number of carbonyl (C=O) groups is 5. The molecule has 1 aliphatic heterocycles. The number of anilines is 1. The Morgan fingerprint density at radius 1 is 0.968 bits per heavy atom. The van der Waals surface area contributed by atoms with Gasteiger partial charge in [-0.15, -0.1) is 0 Å². The van der Waals surface area contributed by atoms with Gasteiger partial charge in [-0.3, -0.25) is 29.3 Å². The van der Waals surface area contributed by atoms with Crippen molar-refractivity contribution in [2.24, 2.45) is 16.8 Å². The average Bonchev–Trinajstić information content (AvgIpc) is 3.70. The number of hydrogen-bond donors (Lipinski definition) is 6. The number of hydrazone groups is 1. The number of aromatic nitrogens is 1. The molecule has 0 spiro atoms. The Balaban J connectivity index is 0.000000605. The number of imide groups is 1. The summed E-state index contributed by atoms with van der Waals surface area (Å²) in [5.41, 5.74) is 7.38. The van der Waals surface area contributed by atoms with Crippen molar-refractivity contribution in [2.45, 2.75) is 96.1 Å². The van der Waals surface area contributed by atoms with E-state index in [9.17, 15) is 24.0 Å². The van der Waals surface area contributed by atoms with Crippen LogP contribution in [0.15, 0.2) is 70.3 Å². The zero-order valence-corrected chi connectivity index (χ0v) is 35.7. The van der Waals surface area contributed by atoms with Crippen LogP contribution in [0.1, 0.15) is 98.5 Å². The largest absolute Gasteiger partial charge is 0.490 e. The first-order valence-electron chi connectivity index (χ1n) is 21.2. The summed E-state index contributed by atoms with van der Waals surface area (Å²) in [7, 11) is 1.52. The van der Waals surface area contributed by atoms with Crippen molar-refractivity contribution >= 4 is 53.3 Å². The van der Waals surface area contributed by atoms with E-state index >= 15 is 0 Å². The lowest BCUT2D eigenvalue weighted by atomic mass is 10.0. The Kier molecular flexibility index (Phi) is 20.9. The minimum atomic E-state index is -0.486. The third-order valence-electron chi connectivity index (χ3n) is 10.5. The van der Waals surface area contributed by atoms with E-state index < -0.39 is 6.04 Å². The van der Waals surface area contributed by atoms with Crippen molar-refractivity contribution in [1.82, 2.24) is 26.1 Å². The minimum Gasteiger partial charge on any atom is -0.490 e. The van der Waals surface area contributed by atoms with Gasteiger partial charge >= 0.3 is 0 Å². The zero-order valence-electron chi connectivity index (χ0n) is 35.7. The molecule has 17 nitrogen and oxygen atoms in total. The fraction of sp³-hybridized carbons (Fsp3) is 0.444. The number of aldehydes is 1. The molecule has 1 saturated heterocycles. The number of carbonyl (C=O) groups excluding carboxylic acids is 5. The number of fused-ring (bicyclic) bond motifs is 1. The van der Waals surface area contributed by atoms with Crippen LogP contribution < -0.4 is 37.8 Å². The molecule has 2 heterocycles. The van der Waals surface area contributed by atoms with Crippen LogP contribution in [0.25, 0.3) is 22.2 Å². The summed E-state index contributed by atoms with van der Waals surface area (Å²) in [4.78, 5) is 55.5. The number of nitrogens with zero attached hydrogens (tertiary/aromatic N) is 3. The molecule has 4 aromatic rings. The summed E-state index contributed by atoms with van der Waals surface area (Å²) >= 11 is 0. The van der Waals surface area contributed by atoms with Crippen LogP contribution in [0.4, 0.5) is 5.69 Å². The standard InChI is InChI=1S/C38H51N7O5.C7H10N2O3/c1-28-12-10-16-35(34(28)26-46)42-20-7-5-9-23-48-22-8-4-2-3-6-14-31(19-21-41-27-47)49-32-15-11-13-29(24-32)37-33-25-30(38(43-39)44-40)17-18-36(33)45-50-37;1-9(4-10)5-2-3-6(11)8-7(5)12/h10-13,15-18,24-27,31,42H,2-9,14,19-23,39-40H2,1H3,(H,41,47)(H,43,44);4-5H,2-3H2,1H3,(H,8,11,12).